The zero-order valence-electron chi connectivity index (χ0n) is 9.95. The van der Waals surface area contributed by atoms with E-state index in [-0.39, 0.29) is 10.5 Å². The topological polar surface area (TPSA) is 96.4 Å². The van der Waals surface area contributed by atoms with Crippen molar-refractivity contribution in [2.24, 2.45) is 0 Å². The second-order valence-corrected chi connectivity index (χ2v) is 6.21. The van der Waals surface area contributed by atoms with E-state index in [2.05, 4.69) is 25.6 Å². The van der Waals surface area contributed by atoms with Crippen molar-refractivity contribution >= 4 is 37.6 Å². The summed E-state index contributed by atoms with van der Waals surface area (Å²) in [5, 5.41) is 8.77. The van der Waals surface area contributed by atoms with Crippen LogP contribution in [0.3, 0.4) is 0 Å². The Bertz CT molecular complexity index is 744. The largest absolute Gasteiger partial charge is 0.478 e. The molecule has 0 aliphatic carbocycles. The van der Waals surface area contributed by atoms with Gasteiger partial charge in [0.1, 0.15) is 4.60 Å². The molecule has 0 fully saturated rings. The van der Waals surface area contributed by atoms with Crippen LogP contribution in [-0.2, 0) is 10.0 Å². The summed E-state index contributed by atoms with van der Waals surface area (Å²) in [5.74, 6) is -1.11. The molecule has 0 amide bonds. The van der Waals surface area contributed by atoms with Gasteiger partial charge in [-0.3, -0.25) is 4.72 Å². The molecular weight excluding hydrogens is 348 g/mol. The lowest BCUT2D eigenvalue weighted by molar-refractivity contribution is 0.0697. The van der Waals surface area contributed by atoms with Crippen molar-refractivity contribution in [3.05, 3.63) is 52.8 Å². The normalized spacial score (nSPS) is 11.1. The fourth-order valence-corrected chi connectivity index (χ4v) is 2.99. The molecule has 0 spiro atoms. The number of nitrogens with zero attached hydrogens (tertiary/aromatic N) is 1. The van der Waals surface area contributed by atoms with E-state index >= 15 is 0 Å². The van der Waals surface area contributed by atoms with E-state index in [4.69, 9.17) is 5.11 Å². The van der Waals surface area contributed by atoms with Crippen LogP contribution in [0, 0.1) is 0 Å². The van der Waals surface area contributed by atoms with E-state index in [9.17, 15) is 13.2 Å². The van der Waals surface area contributed by atoms with Crippen LogP contribution in [0.1, 0.15) is 10.4 Å². The van der Waals surface area contributed by atoms with Gasteiger partial charge in [0.05, 0.1) is 16.1 Å². The average molecular weight is 357 g/mol. The molecule has 1 aromatic heterocycles. The smallest absolute Gasteiger partial charge is 0.335 e. The maximum atomic E-state index is 12.1. The number of halogens is 1. The van der Waals surface area contributed by atoms with Crippen molar-refractivity contribution in [3.63, 3.8) is 0 Å². The summed E-state index contributed by atoms with van der Waals surface area (Å²) >= 11 is 3.14. The Kier molecular flexibility index (Phi) is 4.05. The molecule has 0 saturated carbocycles. The molecule has 1 heterocycles. The maximum absolute atomic E-state index is 12.1. The molecule has 0 atom stereocenters. The standard InChI is InChI=1S/C12H9BrN2O4S/c13-11-10(2-1-7-14-11)15-20(18,19)9-5-3-8(4-6-9)12(16)17/h1-7,15H,(H,16,17). The third-order valence-corrected chi connectivity index (χ3v) is 4.43. The monoisotopic (exact) mass is 356 g/mol. The number of benzene rings is 1. The zero-order chi connectivity index (χ0) is 14.8. The average Bonchev–Trinajstić information content (AvgIpc) is 2.41. The number of aromatic carboxylic acids is 1. The van der Waals surface area contributed by atoms with E-state index in [0.717, 1.165) is 0 Å². The second kappa shape index (κ2) is 5.59. The highest BCUT2D eigenvalue weighted by Gasteiger charge is 2.16. The molecule has 0 bridgehead atoms. The van der Waals surface area contributed by atoms with Gasteiger partial charge in [-0.2, -0.15) is 0 Å². The third-order valence-electron chi connectivity index (χ3n) is 2.41. The van der Waals surface area contributed by atoms with Gasteiger partial charge in [0.15, 0.2) is 0 Å². The van der Waals surface area contributed by atoms with Gasteiger partial charge in [0.2, 0.25) is 0 Å². The Labute approximate surface area is 123 Å². The molecule has 0 saturated heterocycles. The minimum Gasteiger partial charge on any atom is -0.478 e. The zero-order valence-corrected chi connectivity index (χ0v) is 12.3. The van der Waals surface area contributed by atoms with Crippen LogP contribution in [0.5, 0.6) is 0 Å². The van der Waals surface area contributed by atoms with Gasteiger partial charge in [-0.25, -0.2) is 18.2 Å². The molecule has 0 aliphatic rings. The van der Waals surface area contributed by atoms with E-state index in [1.54, 1.807) is 12.1 Å². The molecular formula is C12H9BrN2O4S. The van der Waals surface area contributed by atoms with E-state index < -0.39 is 16.0 Å². The van der Waals surface area contributed by atoms with Gasteiger partial charge in [0.25, 0.3) is 10.0 Å². The third kappa shape index (κ3) is 3.14. The van der Waals surface area contributed by atoms with Gasteiger partial charge in [-0.05, 0) is 52.3 Å². The minimum atomic E-state index is -3.79. The maximum Gasteiger partial charge on any atom is 0.335 e. The summed E-state index contributed by atoms with van der Waals surface area (Å²) in [4.78, 5) is 14.6. The van der Waals surface area contributed by atoms with Gasteiger partial charge in [-0.15, -0.1) is 0 Å². The van der Waals surface area contributed by atoms with Crippen LogP contribution >= 0.6 is 15.9 Å². The lowest BCUT2D eigenvalue weighted by Crippen LogP contribution is -2.13. The van der Waals surface area contributed by atoms with Crippen LogP contribution < -0.4 is 4.72 Å². The van der Waals surface area contributed by atoms with Crippen molar-refractivity contribution in [1.82, 2.24) is 4.98 Å². The first-order valence-electron chi connectivity index (χ1n) is 5.37. The SMILES string of the molecule is O=C(O)c1ccc(S(=O)(=O)Nc2cccnc2Br)cc1. The number of pyridine rings is 1. The number of carbonyl (C=O) groups is 1. The van der Waals surface area contributed by atoms with Crippen LogP contribution in [0.2, 0.25) is 0 Å². The van der Waals surface area contributed by atoms with E-state index in [1.807, 2.05) is 0 Å². The lowest BCUT2D eigenvalue weighted by atomic mass is 10.2. The molecule has 2 N–H and O–H groups in total. The molecule has 20 heavy (non-hydrogen) atoms. The molecule has 0 radical (unpaired) electrons. The number of anilines is 1. The number of nitrogens with one attached hydrogen (secondary N) is 1. The first kappa shape index (κ1) is 14.5. The Morgan fingerprint density at radius 3 is 2.40 bits per heavy atom. The summed E-state index contributed by atoms with van der Waals surface area (Å²) in [6.07, 6.45) is 1.52. The summed E-state index contributed by atoms with van der Waals surface area (Å²) in [5.41, 5.74) is 0.321. The Morgan fingerprint density at radius 1 is 1.20 bits per heavy atom. The quantitative estimate of drug-likeness (QED) is 0.819. The molecule has 8 heteroatoms. The van der Waals surface area contributed by atoms with E-state index in [1.165, 1.54) is 30.5 Å². The number of hydrogen-bond donors (Lipinski definition) is 2. The van der Waals surface area contributed by atoms with Crippen molar-refractivity contribution in [1.29, 1.82) is 0 Å². The molecule has 0 aliphatic heterocycles. The van der Waals surface area contributed by atoms with Gasteiger partial charge in [0, 0.05) is 6.20 Å². The Morgan fingerprint density at radius 2 is 1.85 bits per heavy atom. The highest BCUT2D eigenvalue weighted by atomic mass is 79.9. The lowest BCUT2D eigenvalue weighted by Gasteiger charge is -2.09. The van der Waals surface area contributed by atoms with Crippen molar-refractivity contribution in [3.8, 4) is 0 Å². The molecule has 104 valence electrons. The van der Waals surface area contributed by atoms with Crippen molar-refractivity contribution < 1.29 is 18.3 Å². The van der Waals surface area contributed by atoms with Gasteiger partial charge in [-0.1, -0.05) is 0 Å². The van der Waals surface area contributed by atoms with E-state index in [0.29, 0.717) is 10.3 Å². The van der Waals surface area contributed by atoms with Crippen LogP contribution in [0.15, 0.2) is 52.1 Å². The summed E-state index contributed by atoms with van der Waals surface area (Å²) < 4.78 is 27.0. The Hall–Kier alpha value is -1.93. The fourth-order valence-electron chi connectivity index (χ4n) is 1.44. The first-order chi connectivity index (χ1) is 9.40. The number of sulfonamides is 1. The van der Waals surface area contributed by atoms with Crippen LogP contribution in [0.4, 0.5) is 5.69 Å². The predicted molar refractivity (Wildman–Crippen MR) is 76.1 cm³/mol. The predicted octanol–water partition coefficient (Wildman–Crippen LogP) is 2.34. The van der Waals surface area contributed by atoms with Crippen LogP contribution in [-0.4, -0.2) is 24.5 Å². The van der Waals surface area contributed by atoms with Crippen LogP contribution in [0.25, 0.3) is 0 Å². The summed E-state index contributed by atoms with van der Waals surface area (Å²) in [6.45, 7) is 0. The Balaban J connectivity index is 2.31. The molecule has 1 aromatic carbocycles. The number of rotatable bonds is 4. The highest BCUT2D eigenvalue weighted by Crippen LogP contribution is 2.22. The molecule has 2 rings (SSSR count). The summed E-state index contributed by atoms with van der Waals surface area (Å²) in [6, 6.07) is 8.08. The van der Waals surface area contributed by atoms with Gasteiger partial charge >= 0.3 is 5.97 Å². The first-order valence-corrected chi connectivity index (χ1v) is 7.64. The summed E-state index contributed by atoms with van der Waals surface area (Å²) in [7, 11) is -3.79. The number of carboxylic acids is 1. The molecule has 2 aromatic rings. The number of carboxylic acid groups (broad SMARTS) is 1. The number of hydrogen-bond acceptors (Lipinski definition) is 4. The highest BCUT2D eigenvalue weighted by molar-refractivity contribution is 9.10. The number of aromatic nitrogens is 1. The van der Waals surface area contributed by atoms with Gasteiger partial charge < -0.3 is 5.11 Å². The van der Waals surface area contributed by atoms with Crippen molar-refractivity contribution in [2.45, 2.75) is 4.90 Å². The molecule has 0 unspecified atom stereocenters. The second-order valence-electron chi connectivity index (χ2n) is 3.78. The molecule has 6 nitrogen and oxygen atoms in total. The fraction of sp³-hybridized carbons (Fsp3) is 0. The van der Waals surface area contributed by atoms with Crippen molar-refractivity contribution in [2.75, 3.05) is 4.72 Å². The minimum absolute atomic E-state index is 0.0199.